The van der Waals surface area contributed by atoms with Crippen LogP contribution in [0.4, 0.5) is 0 Å². The number of rotatable bonds is 10. The van der Waals surface area contributed by atoms with E-state index in [2.05, 4.69) is 11.0 Å². The normalized spacial score (nSPS) is 22.9. The van der Waals surface area contributed by atoms with Crippen LogP contribution in [0.2, 0.25) is 0 Å². The van der Waals surface area contributed by atoms with Gasteiger partial charge in [-0.2, -0.15) is 0 Å². The molecule has 2 heterocycles. The minimum absolute atomic E-state index is 0.386. The molecule has 4 atom stereocenters. The number of amides is 2. The zero-order valence-corrected chi connectivity index (χ0v) is 19.6. The van der Waals surface area contributed by atoms with Crippen LogP contribution in [0.5, 0.6) is 0 Å². The Kier molecular flexibility index (Phi) is 7.98. The van der Waals surface area contributed by atoms with Crippen molar-refractivity contribution in [3.8, 4) is 0 Å². The van der Waals surface area contributed by atoms with Crippen molar-refractivity contribution in [1.82, 2.24) is 9.80 Å². The Bertz CT molecular complexity index is 969. The van der Waals surface area contributed by atoms with Crippen molar-refractivity contribution in [3.63, 3.8) is 0 Å². The molecule has 7 heteroatoms. The first-order chi connectivity index (χ1) is 16.5. The van der Waals surface area contributed by atoms with E-state index < -0.39 is 18.6 Å². The van der Waals surface area contributed by atoms with Gasteiger partial charge in [0.2, 0.25) is 5.91 Å². The third-order valence-corrected chi connectivity index (χ3v) is 7.36. The first-order valence-electron chi connectivity index (χ1n) is 12.2. The second-order valence-electron chi connectivity index (χ2n) is 9.58. The van der Waals surface area contributed by atoms with E-state index >= 15 is 0 Å². The highest BCUT2D eigenvalue weighted by Crippen LogP contribution is 2.43. The molecule has 7 nitrogen and oxygen atoms in total. The van der Waals surface area contributed by atoms with Gasteiger partial charge in [0.25, 0.3) is 5.91 Å². The summed E-state index contributed by atoms with van der Waals surface area (Å²) in [5.74, 6) is -0.380. The second-order valence-corrected chi connectivity index (χ2v) is 9.58. The molecule has 2 amide bonds. The number of piperidine rings is 1. The smallest absolute Gasteiger partial charge is 0.254 e. The summed E-state index contributed by atoms with van der Waals surface area (Å²) < 4.78 is 0. The van der Waals surface area contributed by atoms with E-state index in [1.165, 1.54) is 18.4 Å². The molecule has 0 saturated carbocycles. The fraction of sp³-hybridized carbons (Fsp3) is 0.481. The monoisotopic (exact) mass is 465 g/mol. The SMILES string of the molecule is NC(=O)c1cccc(C2C[C@H]3CC[C@@H](C2)N3CCCN(Cc2ccccc2)C(=O)[C@H](O)CO)c1. The van der Waals surface area contributed by atoms with Crippen molar-refractivity contribution in [2.24, 2.45) is 5.73 Å². The summed E-state index contributed by atoms with van der Waals surface area (Å²) in [6.07, 6.45) is 3.90. The van der Waals surface area contributed by atoms with Crippen LogP contribution in [-0.2, 0) is 11.3 Å². The zero-order chi connectivity index (χ0) is 24.1. The van der Waals surface area contributed by atoms with E-state index in [-0.39, 0.29) is 5.91 Å². The van der Waals surface area contributed by atoms with E-state index in [1.54, 1.807) is 11.0 Å². The van der Waals surface area contributed by atoms with Crippen LogP contribution >= 0.6 is 0 Å². The van der Waals surface area contributed by atoms with Crippen molar-refractivity contribution in [3.05, 3.63) is 71.3 Å². The average molecular weight is 466 g/mol. The molecule has 2 aromatic carbocycles. The summed E-state index contributed by atoms with van der Waals surface area (Å²) in [5.41, 5.74) is 8.24. The molecular formula is C27H35N3O4. The molecule has 4 rings (SSSR count). The molecule has 0 aromatic heterocycles. The van der Waals surface area contributed by atoms with Crippen molar-refractivity contribution in [1.29, 1.82) is 0 Å². The maximum atomic E-state index is 12.6. The summed E-state index contributed by atoms with van der Waals surface area (Å²) in [6.45, 7) is 1.28. The molecular weight excluding hydrogens is 430 g/mol. The van der Waals surface area contributed by atoms with Crippen LogP contribution in [0.15, 0.2) is 54.6 Å². The number of primary amides is 1. The lowest BCUT2D eigenvalue weighted by Crippen LogP contribution is -2.45. The van der Waals surface area contributed by atoms with Gasteiger partial charge in [0.05, 0.1) is 6.61 Å². The maximum Gasteiger partial charge on any atom is 0.254 e. The first kappa shape index (κ1) is 24.4. The van der Waals surface area contributed by atoms with Gasteiger partial charge in [-0.1, -0.05) is 42.5 Å². The lowest BCUT2D eigenvalue weighted by Gasteiger charge is -2.39. The molecule has 2 aliphatic heterocycles. The Morgan fingerprint density at radius 3 is 2.41 bits per heavy atom. The van der Waals surface area contributed by atoms with Crippen LogP contribution in [0, 0.1) is 0 Å². The van der Waals surface area contributed by atoms with E-state index in [0.29, 0.717) is 36.7 Å². The van der Waals surface area contributed by atoms with Gasteiger partial charge in [0, 0.05) is 37.3 Å². The number of benzene rings is 2. The van der Waals surface area contributed by atoms with E-state index in [0.717, 1.165) is 31.4 Å². The predicted molar refractivity (Wildman–Crippen MR) is 130 cm³/mol. The Morgan fingerprint density at radius 2 is 1.76 bits per heavy atom. The standard InChI is InChI=1S/C27H35N3O4/c28-26(33)21-9-4-8-20(14-21)22-15-23-10-11-24(16-22)30(23)13-5-12-29(27(34)25(32)18-31)17-19-6-2-1-3-7-19/h1-4,6-9,14,22-25,31-32H,5,10-13,15-18H2,(H2,28,33)/t22?,23-,24+,25-/m1/s1. The molecule has 182 valence electrons. The van der Waals surface area contributed by atoms with Crippen molar-refractivity contribution in [2.75, 3.05) is 19.7 Å². The fourth-order valence-electron chi connectivity index (χ4n) is 5.66. The first-order valence-corrected chi connectivity index (χ1v) is 12.2. The van der Waals surface area contributed by atoms with Crippen LogP contribution in [0.3, 0.4) is 0 Å². The number of hydrogen-bond donors (Lipinski definition) is 3. The molecule has 0 radical (unpaired) electrons. The Balaban J connectivity index is 1.35. The number of fused-ring (bicyclic) bond motifs is 2. The fourth-order valence-corrected chi connectivity index (χ4v) is 5.66. The summed E-state index contributed by atoms with van der Waals surface area (Å²) in [5, 5.41) is 19.2. The van der Waals surface area contributed by atoms with Gasteiger partial charge in [-0.05, 0) is 61.3 Å². The largest absolute Gasteiger partial charge is 0.393 e. The summed E-state index contributed by atoms with van der Waals surface area (Å²) in [4.78, 5) is 28.5. The number of carbonyl (C=O) groups excluding carboxylic acids is 2. The molecule has 2 aliphatic rings. The lowest BCUT2D eigenvalue weighted by atomic mass is 9.84. The number of aliphatic hydroxyl groups is 2. The Labute approximate surface area is 201 Å². The highest BCUT2D eigenvalue weighted by atomic mass is 16.3. The van der Waals surface area contributed by atoms with Crippen molar-refractivity contribution >= 4 is 11.8 Å². The van der Waals surface area contributed by atoms with Crippen LogP contribution in [0.25, 0.3) is 0 Å². The Morgan fingerprint density at radius 1 is 1.06 bits per heavy atom. The molecule has 2 saturated heterocycles. The third-order valence-electron chi connectivity index (χ3n) is 7.36. The van der Waals surface area contributed by atoms with Gasteiger partial charge in [-0.25, -0.2) is 0 Å². The molecule has 0 aliphatic carbocycles. The van der Waals surface area contributed by atoms with Crippen molar-refractivity contribution < 1.29 is 19.8 Å². The number of nitrogens with two attached hydrogens (primary N) is 1. The molecule has 2 bridgehead atoms. The predicted octanol–water partition coefficient (Wildman–Crippen LogP) is 2.27. The third kappa shape index (κ3) is 5.66. The lowest BCUT2D eigenvalue weighted by molar-refractivity contribution is -0.142. The molecule has 2 aromatic rings. The quantitative estimate of drug-likeness (QED) is 0.499. The van der Waals surface area contributed by atoms with Crippen LogP contribution < -0.4 is 5.73 Å². The van der Waals surface area contributed by atoms with Gasteiger partial charge in [-0.3, -0.25) is 14.5 Å². The molecule has 1 unspecified atom stereocenters. The minimum atomic E-state index is -1.38. The van der Waals surface area contributed by atoms with Gasteiger partial charge < -0.3 is 20.8 Å². The number of hydrogen-bond acceptors (Lipinski definition) is 5. The van der Waals surface area contributed by atoms with E-state index in [9.17, 15) is 19.8 Å². The summed E-state index contributed by atoms with van der Waals surface area (Å²) in [7, 11) is 0. The molecule has 2 fully saturated rings. The van der Waals surface area contributed by atoms with Crippen LogP contribution in [0.1, 0.15) is 59.5 Å². The zero-order valence-electron chi connectivity index (χ0n) is 19.6. The van der Waals surface area contributed by atoms with Crippen molar-refractivity contribution in [2.45, 2.75) is 62.8 Å². The van der Waals surface area contributed by atoms with Gasteiger partial charge in [0.1, 0.15) is 0 Å². The Hall–Kier alpha value is -2.74. The van der Waals surface area contributed by atoms with Gasteiger partial charge >= 0.3 is 0 Å². The van der Waals surface area contributed by atoms with Crippen LogP contribution in [-0.4, -0.2) is 69.7 Å². The summed E-state index contributed by atoms with van der Waals surface area (Å²) in [6, 6.07) is 18.5. The highest BCUT2D eigenvalue weighted by molar-refractivity contribution is 5.92. The maximum absolute atomic E-state index is 12.6. The van der Waals surface area contributed by atoms with E-state index in [1.807, 2.05) is 42.5 Å². The number of aliphatic hydroxyl groups excluding tert-OH is 2. The van der Waals surface area contributed by atoms with Gasteiger partial charge in [-0.15, -0.1) is 0 Å². The topological polar surface area (TPSA) is 107 Å². The number of nitrogens with zero attached hydrogens (tertiary/aromatic N) is 2. The van der Waals surface area contributed by atoms with Gasteiger partial charge in [0.15, 0.2) is 6.10 Å². The number of carbonyl (C=O) groups is 2. The second kappa shape index (κ2) is 11.1. The van der Waals surface area contributed by atoms with E-state index in [4.69, 9.17) is 5.73 Å². The average Bonchev–Trinajstić information content (AvgIpc) is 3.09. The molecule has 4 N–H and O–H groups in total. The summed E-state index contributed by atoms with van der Waals surface area (Å²) >= 11 is 0. The molecule has 34 heavy (non-hydrogen) atoms. The molecule has 0 spiro atoms. The minimum Gasteiger partial charge on any atom is -0.393 e. The highest BCUT2D eigenvalue weighted by Gasteiger charge is 2.40.